The van der Waals surface area contributed by atoms with Crippen LogP contribution in [0.2, 0.25) is 0 Å². The molecule has 2 aromatic rings. The van der Waals surface area contributed by atoms with E-state index >= 15 is 0 Å². The Hall–Kier alpha value is -2.65. The zero-order chi connectivity index (χ0) is 16.1. The van der Waals surface area contributed by atoms with E-state index in [-0.39, 0.29) is 12.6 Å². The lowest BCUT2D eigenvalue weighted by Crippen LogP contribution is -2.42. The van der Waals surface area contributed by atoms with Gasteiger partial charge in [-0.3, -0.25) is 14.6 Å². The van der Waals surface area contributed by atoms with Gasteiger partial charge in [0.2, 0.25) is 0 Å². The van der Waals surface area contributed by atoms with Crippen LogP contribution in [0, 0.1) is 11.8 Å². The molecule has 0 radical (unpaired) electrons. The Balaban J connectivity index is 1.73. The number of hydrogen-bond donors (Lipinski definition) is 2. The van der Waals surface area contributed by atoms with E-state index in [1.54, 1.807) is 16.5 Å². The smallest absolute Gasteiger partial charge is 0.277 e. The first-order valence-electron chi connectivity index (χ1n) is 7.62. The number of carbonyl (C=O) groups is 1. The maximum Gasteiger partial charge on any atom is 0.277 e. The summed E-state index contributed by atoms with van der Waals surface area (Å²) in [5, 5.41) is 6.14. The second-order valence-corrected chi connectivity index (χ2v) is 5.31. The second kappa shape index (κ2) is 7.07. The lowest BCUT2D eigenvalue weighted by Gasteiger charge is -2.30. The van der Waals surface area contributed by atoms with Gasteiger partial charge in [0.25, 0.3) is 5.91 Å². The van der Waals surface area contributed by atoms with Crippen LogP contribution < -0.4 is 5.32 Å². The van der Waals surface area contributed by atoms with E-state index in [4.69, 9.17) is 4.74 Å². The summed E-state index contributed by atoms with van der Waals surface area (Å²) >= 11 is 0. The molecule has 6 nitrogen and oxygen atoms in total. The van der Waals surface area contributed by atoms with E-state index in [9.17, 15) is 4.79 Å². The monoisotopic (exact) mass is 312 g/mol. The van der Waals surface area contributed by atoms with Crippen LogP contribution in [0.5, 0.6) is 0 Å². The van der Waals surface area contributed by atoms with E-state index in [1.807, 2.05) is 18.2 Å². The number of H-pyrrole nitrogens is 1. The van der Waals surface area contributed by atoms with Gasteiger partial charge in [0.15, 0.2) is 11.5 Å². The quantitative estimate of drug-likeness (QED) is 0.848. The number of fused-ring (bicyclic) bond motifs is 1. The summed E-state index contributed by atoms with van der Waals surface area (Å²) < 4.78 is 7.25. The number of aromatic nitrogens is 2. The van der Waals surface area contributed by atoms with Crippen LogP contribution in [0.25, 0.3) is 0 Å². The molecule has 0 saturated carbocycles. The van der Waals surface area contributed by atoms with Crippen LogP contribution in [0.15, 0.2) is 30.3 Å². The molecule has 23 heavy (non-hydrogen) atoms. The Morgan fingerprint density at radius 1 is 1.30 bits per heavy atom. The van der Waals surface area contributed by atoms with Crippen molar-refractivity contribution in [2.24, 2.45) is 0 Å². The number of amides is 1. The Kier molecular flexibility index (Phi) is 4.69. The molecule has 0 saturated heterocycles. The van der Waals surface area contributed by atoms with Crippen LogP contribution in [0.1, 0.15) is 23.0 Å². The first kappa shape index (κ1) is 15.3. The molecule has 2 heterocycles. The van der Waals surface area contributed by atoms with Crippen LogP contribution in [0.4, 0.5) is 5.82 Å². The van der Waals surface area contributed by atoms with Crippen LogP contribution in [-0.4, -0.2) is 40.6 Å². The molecule has 0 atom stereocenters. The lowest BCUT2D eigenvalue weighted by atomic mass is 10.1. The minimum Gasteiger partial charge on any atom is -0.346 e. The summed E-state index contributed by atoms with van der Waals surface area (Å²) in [4.78, 5) is 14.5. The summed E-state index contributed by atoms with van der Waals surface area (Å²) in [5.41, 5.74) is 1.83. The van der Waals surface area contributed by atoms with Gasteiger partial charge in [-0.2, -0.15) is 0 Å². The Morgan fingerprint density at radius 3 is 2.91 bits per heavy atom. The van der Waals surface area contributed by atoms with Crippen molar-refractivity contribution in [2.75, 3.05) is 25.3 Å². The zero-order valence-electron chi connectivity index (χ0n) is 13.1. The maximum absolute atomic E-state index is 12.8. The molecule has 1 aliphatic heterocycles. The molecule has 1 aliphatic rings. The molecule has 1 aromatic heterocycles. The topological polar surface area (TPSA) is 62.3 Å². The Morgan fingerprint density at radius 2 is 2.13 bits per heavy atom. The van der Waals surface area contributed by atoms with Gasteiger partial charge in [-0.1, -0.05) is 36.3 Å². The third-order valence-electron chi connectivity index (χ3n) is 3.77. The highest BCUT2D eigenvalue weighted by Gasteiger charge is 2.27. The van der Waals surface area contributed by atoms with Gasteiger partial charge in [0.1, 0.15) is 20.0 Å². The van der Waals surface area contributed by atoms with Crippen molar-refractivity contribution in [3.8, 4) is 11.8 Å². The van der Waals surface area contributed by atoms with Crippen LogP contribution in [-0.2, 0) is 17.7 Å². The first-order valence-corrected chi connectivity index (χ1v) is 7.62. The molecule has 0 spiro atoms. The van der Waals surface area contributed by atoms with E-state index in [0.717, 1.165) is 6.42 Å². The molecule has 1 amide bonds. The number of ether oxygens (including phenoxy) is 1. The van der Waals surface area contributed by atoms with Crippen molar-refractivity contribution < 1.29 is 9.53 Å². The molecule has 0 fully saturated rings. The highest BCUT2D eigenvalue weighted by molar-refractivity contribution is 5.98. The SMILES string of the molecule is CC#CCn1[nH]c2c1C(=O)N(CCc1ccccc1)COCN2. The molecule has 2 N–H and O–H groups in total. The molecular formula is C17H20N4O2. The second-order valence-electron chi connectivity index (χ2n) is 5.31. The number of nitrogens with zero attached hydrogens (tertiary/aromatic N) is 2. The average Bonchev–Trinajstić information content (AvgIpc) is 2.55. The van der Waals surface area contributed by atoms with Gasteiger partial charge in [-0.05, 0) is 18.9 Å². The molecule has 0 aliphatic carbocycles. The van der Waals surface area contributed by atoms with Crippen molar-refractivity contribution >= 4 is 11.7 Å². The maximum atomic E-state index is 12.8. The summed E-state index contributed by atoms with van der Waals surface area (Å²) in [6.07, 6.45) is 0.800. The van der Waals surface area contributed by atoms with Gasteiger partial charge in [0.05, 0.1) is 0 Å². The molecule has 0 bridgehead atoms. The molecule has 1 aromatic carbocycles. The third kappa shape index (κ3) is 3.41. The minimum atomic E-state index is -0.0419. The Bertz CT molecular complexity index is 721. The highest BCUT2D eigenvalue weighted by Crippen LogP contribution is 2.20. The number of hydrogen-bond acceptors (Lipinski definition) is 3. The molecule has 3 rings (SSSR count). The van der Waals surface area contributed by atoms with Crippen LogP contribution in [0.3, 0.4) is 0 Å². The van der Waals surface area contributed by atoms with Crippen molar-refractivity contribution in [3.63, 3.8) is 0 Å². The van der Waals surface area contributed by atoms with Gasteiger partial charge < -0.3 is 15.0 Å². The van der Waals surface area contributed by atoms with E-state index in [1.165, 1.54) is 5.56 Å². The van der Waals surface area contributed by atoms with E-state index < -0.39 is 0 Å². The third-order valence-corrected chi connectivity index (χ3v) is 3.77. The number of nitrogens with one attached hydrogen (secondary N) is 2. The Labute approximate surface area is 135 Å². The van der Waals surface area contributed by atoms with E-state index in [2.05, 4.69) is 34.4 Å². The van der Waals surface area contributed by atoms with Crippen molar-refractivity contribution in [1.29, 1.82) is 0 Å². The lowest BCUT2D eigenvalue weighted by molar-refractivity contribution is 0.0260. The standard InChI is InChI=1S/C17H20N4O2/c1-2-3-10-21-15-16(19-21)18-12-23-13-20(17(15)22)11-9-14-7-5-4-6-8-14/h4-8,18-19H,9-13H2,1H3. The van der Waals surface area contributed by atoms with Crippen molar-refractivity contribution in [2.45, 2.75) is 19.9 Å². The summed E-state index contributed by atoms with van der Waals surface area (Å²) in [7, 11) is 0. The highest BCUT2D eigenvalue weighted by atomic mass is 16.5. The fourth-order valence-corrected chi connectivity index (χ4v) is 2.51. The van der Waals surface area contributed by atoms with Crippen molar-refractivity contribution in [3.05, 3.63) is 41.6 Å². The summed E-state index contributed by atoms with van der Waals surface area (Å²) in [6, 6.07) is 10.1. The van der Waals surface area contributed by atoms with Crippen molar-refractivity contribution in [1.82, 2.24) is 14.7 Å². The first-order chi connectivity index (χ1) is 11.3. The summed E-state index contributed by atoms with van der Waals surface area (Å²) in [6.45, 7) is 3.54. The number of anilines is 1. The predicted molar refractivity (Wildman–Crippen MR) is 87.9 cm³/mol. The average molecular weight is 312 g/mol. The van der Waals surface area contributed by atoms with Gasteiger partial charge in [0, 0.05) is 6.54 Å². The fourth-order valence-electron chi connectivity index (χ4n) is 2.51. The number of rotatable bonds is 4. The summed E-state index contributed by atoms with van der Waals surface area (Å²) in [5.74, 6) is 6.46. The van der Waals surface area contributed by atoms with Gasteiger partial charge in [-0.15, -0.1) is 5.92 Å². The van der Waals surface area contributed by atoms with Crippen LogP contribution >= 0.6 is 0 Å². The number of aromatic amines is 1. The molecule has 120 valence electrons. The predicted octanol–water partition coefficient (Wildman–Crippen LogP) is 1.88. The zero-order valence-corrected chi connectivity index (χ0v) is 13.1. The fraction of sp³-hybridized carbons (Fsp3) is 0.353. The van der Waals surface area contributed by atoms with Gasteiger partial charge in [-0.25, -0.2) is 0 Å². The largest absolute Gasteiger partial charge is 0.346 e. The molecular weight excluding hydrogens is 292 g/mol. The normalized spacial score (nSPS) is 14.3. The number of carbonyl (C=O) groups excluding carboxylic acids is 1. The molecule has 0 unspecified atom stereocenters. The number of benzene rings is 1. The molecule has 6 heteroatoms. The van der Waals surface area contributed by atoms with Gasteiger partial charge >= 0.3 is 0 Å². The van der Waals surface area contributed by atoms with E-state index in [0.29, 0.717) is 31.3 Å². The minimum absolute atomic E-state index is 0.0419.